The molecule has 0 radical (unpaired) electrons. The van der Waals surface area contributed by atoms with E-state index in [0.29, 0.717) is 32.8 Å². The van der Waals surface area contributed by atoms with Gasteiger partial charge in [-0.1, -0.05) is 48.9 Å². The van der Waals surface area contributed by atoms with E-state index in [0.717, 1.165) is 4.70 Å². The van der Waals surface area contributed by atoms with Gasteiger partial charge in [0.2, 0.25) is 0 Å². The lowest BCUT2D eigenvalue weighted by molar-refractivity contribution is 0.102. The molecule has 3 rings (SSSR count). The Hall–Kier alpha value is -2.11. The first kappa shape index (κ1) is 15.8. The van der Waals surface area contributed by atoms with Crippen LogP contribution in [0.4, 0.5) is 10.8 Å². The van der Waals surface area contributed by atoms with Crippen molar-refractivity contribution in [2.75, 3.05) is 11.1 Å². The van der Waals surface area contributed by atoms with Gasteiger partial charge in [-0.3, -0.25) is 4.79 Å². The van der Waals surface area contributed by atoms with E-state index in [4.69, 9.17) is 17.3 Å². The van der Waals surface area contributed by atoms with Crippen LogP contribution in [0.1, 0.15) is 35.7 Å². The Balaban J connectivity index is 1.84. The molecule has 4 nitrogen and oxygen atoms in total. The highest BCUT2D eigenvalue weighted by molar-refractivity contribution is 7.22. The highest BCUT2D eigenvalue weighted by atomic mass is 35.5. The third kappa shape index (κ3) is 3.30. The largest absolute Gasteiger partial charge is 0.375 e. The van der Waals surface area contributed by atoms with Crippen LogP contribution in [0, 0.1) is 0 Å². The molecule has 0 unspecified atom stereocenters. The Kier molecular flexibility index (Phi) is 4.24. The second-order valence-corrected chi connectivity index (χ2v) is 7.06. The molecule has 0 saturated carbocycles. The minimum atomic E-state index is -0.173. The summed E-state index contributed by atoms with van der Waals surface area (Å²) in [5.74, 6) is 0.262. The summed E-state index contributed by atoms with van der Waals surface area (Å²) >= 11 is 7.54. The van der Waals surface area contributed by atoms with Crippen molar-refractivity contribution >= 4 is 49.9 Å². The number of amides is 1. The van der Waals surface area contributed by atoms with Crippen molar-refractivity contribution in [3.05, 3.63) is 52.5 Å². The molecule has 3 N–H and O–H groups in total. The first-order valence-electron chi connectivity index (χ1n) is 7.21. The number of halogens is 1. The van der Waals surface area contributed by atoms with Crippen molar-refractivity contribution in [3.8, 4) is 0 Å². The van der Waals surface area contributed by atoms with Gasteiger partial charge in [-0.2, -0.15) is 0 Å². The van der Waals surface area contributed by atoms with Crippen molar-refractivity contribution in [1.29, 1.82) is 0 Å². The fraction of sp³-hybridized carbons (Fsp3) is 0.176. The molecule has 0 bridgehead atoms. The van der Waals surface area contributed by atoms with Crippen LogP contribution < -0.4 is 11.1 Å². The van der Waals surface area contributed by atoms with Gasteiger partial charge in [0.25, 0.3) is 5.91 Å². The first-order valence-corrected chi connectivity index (χ1v) is 8.40. The SMILES string of the molecule is CC(C)c1ccc(C(=O)Nc2cc(Cl)c3nc(N)sc3c2)cc1. The minimum Gasteiger partial charge on any atom is -0.375 e. The van der Waals surface area contributed by atoms with Gasteiger partial charge in [0.05, 0.1) is 9.72 Å². The lowest BCUT2D eigenvalue weighted by Gasteiger charge is -2.08. The number of nitrogens with two attached hydrogens (primary N) is 1. The normalized spacial score (nSPS) is 11.1. The number of nitrogens with zero attached hydrogens (tertiary/aromatic N) is 1. The molecule has 1 aromatic heterocycles. The number of thiazole rings is 1. The highest BCUT2D eigenvalue weighted by Gasteiger charge is 2.11. The summed E-state index contributed by atoms with van der Waals surface area (Å²) in [6.07, 6.45) is 0. The molecule has 0 atom stereocenters. The van der Waals surface area contributed by atoms with Crippen LogP contribution in [-0.2, 0) is 0 Å². The number of fused-ring (bicyclic) bond motifs is 1. The molecule has 23 heavy (non-hydrogen) atoms. The summed E-state index contributed by atoms with van der Waals surface area (Å²) in [6, 6.07) is 11.1. The number of benzene rings is 2. The van der Waals surface area contributed by atoms with Gasteiger partial charge < -0.3 is 11.1 Å². The maximum absolute atomic E-state index is 12.4. The highest BCUT2D eigenvalue weighted by Crippen LogP contribution is 2.32. The lowest BCUT2D eigenvalue weighted by Crippen LogP contribution is -2.11. The van der Waals surface area contributed by atoms with E-state index in [1.54, 1.807) is 6.07 Å². The molecule has 6 heteroatoms. The predicted molar refractivity (Wildman–Crippen MR) is 97.5 cm³/mol. The Morgan fingerprint density at radius 2 is 1.96 bits per heavy atom. The summed E-state index contributed by atoms with van der Waals surface area (Å²) in [4.78, 5) is 16.5. The van der Waals surface area contributed by atoms with Gasteiger partial charge >= 0.3 is 0 Å². The maximum Gasteiger partial charge on any atom is 0.255 e. The van der Waals surface area contributed by atoms with E-state index >= 15 is 0 Å². The summed E-state index contributed by atoms with van der Waals surface area (Å²) < 4.78 is 0.848. The van der Waals surface area contributed by atoms with Gasteiger partial charge in [0.1, 0.15) is 5.52 Å². The van der Waals surface area contributed by atoms with Crippen LogP contribution in [0.3, 0.4) is 0 Å². The Morgan fingerprint density at radius 1 is 1.26 bits per heavy atom. The van der Waals surface area contributed by atoms with Crippen LogP contribution in [0.15, 0.2) is 36.4 Å². The molecule has 0 saturated heterocycles. The van der Waals surface area contributed by atoms with E-state index in [9.17, 15) is 4.79 Å². The number of hydrogen-bond donors (Lipinski definition) is 2. The van der Waals surface area contributed by atoms with Crippen LogP contribution >= 0.6 is 22.9 Å². The zero-order valence-corrected chi connectivity index (χ0v) is 14.3. The summed E-state index contributed by atoms with van der Waals surface area (Å²) in [5, 5.41) is 3.79. The molecule has 0 aliphatic rings. The number of hydrogen-bond acceptors (Lipinski definition) is 4. The van der Waals surface area contributed by atoms with Crippen molar-refractivity contribution in [3.63, 3.8) is 0 Å². The third-order valence-corrected chi connectivity index (χ3v) is 4.68. The number of nitrogens with one attached hydrogen (secondary N) is 1. The van der Waals surface area contributed by atoms with E-state index in [1.807, 2.05) is 30.3 Å². The van der Waals surface area contributed by atoms with Crippen LogP contribution in [-0.4, -0.2) is 10.9 Å². The number of carbonyl (C=O) groups is 1. The lowest BCUT2D eigenvalue weighted by atomic mass is 10.0. The zero-order valence-electron chi connectivity index (χ0n) is 12.8. The molecule has 3 aromatic rings. The number of nitrogen functional groups attached to an aromatic ring is 1. The van der Waals surface area contributed by atoms with Crippen molar-refractivity contribution in [1.82, 2.24) is 4.98 Å². The van der Waals surface area contributed by atoms with Crippen molar-refractivity contribution < 1.29 is 4.79 Å². The third-order valence-electron chi connectivity index (χ3n) is 3.56. The second kappa shape index (κ2) is 6.18. The molecule has 0 spiro atoms. The molecule has 0 fully saturated rings. The summed E-state index contributed by atoms with van der Waals surface area (Å²) in [6.45, 7) is 4.24. The monoisotopic (exact) mass is 345 g/mol. The molecule has 118 valence electrons. The number of anilines is 2. The first-order chi connectivity index (χ1) is 10.9. The van der Waals surface area contributed by atoms with E-state index < -0.39 is 0 Å². The van der Waals surface area contributed by atoms with Crippen LogP contribution in [0.2, 0.25) is 5.02 Å². The van der Waals surface area contributed by atoms with Crippen LogP contribution in [0.5, 0.6) is 0 Å². The van der Waals surface area contributed by atoms with E-state index in [1.165, 1.54) is 16.9 Å². The molecule has 0 aliphatic heterocycles. The molecular formula is C17H16ClN3OS. The average Bonchev–Trinajstić information content (AvgIpc) is 2.88. The Morgan fingerprint density at radius 3 is 2.61 bits per heavy atom. The second-order valence-electron chi connectivity index (χ2n) is 5.59. The Labute approximate surface area is 143 Å². The standard InChI is InChI=1S/C17H16ClN3OS/c1-9(2)10-3-5-11(6-4-10)16(22)20-12-7-13(18)15-14(8-12)23-17(19)21-15/h3-9H,1-2H3,(H2,19,21)(H,20,22). The predicted octanol–water partition coefficient (Wildman–Crippen LogP) is 4.91. The molecule has 0 aliphatic carbocycles. The van der Waals surface area contributed by atoms with Gasteiger partial charge in [0.15, 0.2) is 5.13 Å². The molecule has 1 heterocycles. The van der Waals surface area contributed by atoms with Gasteiger partial charge in [-0.05, 0) is 35.7 Å². The van der Waals surface area contributed by atoms with Gasteiger partial charge in [-0.15, -0.1) is 0 Å². The molecule has 2 aromatic carbocycles. The number of rotatable bonds is 3. The topological polar surface area (TPSA) is 68.0 Å². The average molecular weight is 346 g/mol. The Bertz CT molecular complexity index is 871. The zero-order chi connectivity index (χ0) is 16.6. The van der Waals surface area contributed by atoms with Crippen molar-refractivity contribution in [2.45, 2.75) is 19.8 Å². The van der Waals surface area contributed by atoms with Gasteiger partial charge in [-0.25, -0.2) is 4.98 Å². The van der Waals surface area contributed by atoms with E-state index in [-0.39, 0.29) is 5.91 Å². The quantitative estimate of drug-likeness (QED) is 0.708. The van der Waals surface area contributed by atoms with Gasteiger partial charge in [0, 0.05) is 11.3 Å². The van der Waals surface area contributed by atoms with Crippen molar-refractivity contribution in [2.24, 2.45) is 0 Å². The summed E-state index contributed by atoms with van der Waals surface area (Å²) in [7, 11) is 0. The fourth-order valence-corrected chi connectivity index (χ4v) is 3.42. The molecule has 1 amide bonds. The summed E-state index contributed by atoms with van der Waals surface area (Å²) in [5.41, 5.74) is 8.80. The minimum absolute atomic E-state index is 0.173. The number of carbonyl (C=O) groups excluding carboxylic acids is 1. The number of aromatic nitrogens is 1. The van der Waals surface area contributed by atoms with Crippen LogP contribution in [0.25, 0.3) is 10.2 Å². The van der Waals surface area contributed by atoms with E-state index in [2.05, 4.69) is 24.1 Å². The maximum atomic E-state index is 12.4. The smallest absolute Gasteiger partial charge is 0.255 e. The molecular weight excluding hydrogens is 330 g/mol. The fourth-order valence-electron chi connectivity index (χ4n) is 2.30.